The van der Waals surface area contributed by atoms with Gasteiger partial charge in [0.1, 0.15) is 26.9 Å². The van der Waals surface area contributed by atoms with E-state index in [0.717, 1.165) is 12.1 Å². The number of non-ortho nitro benzene ring substituents is 1. The quantitative estimate of drug-likeness (QED) is 0.0971. The third-order valence-corrected chi connectivity index (χ3v) is 7.04. The Bertz CT molecular complexity index is 1770. The van der Waals surface area contributed by atoms with Gasteiger partial charge in [0.05, 0.1) is 20.9 Å². The number of nitro benzene ring substituents is 1. The highest BCUT2D eigenvalue weighted by Crippen LogP contribution is 2.44. The van der Waals surface area contributed by atoms with Crippen molar-refractivity contribution in [2.45, 2.75) is 14.7 Å². The predicted octanol–water partition coefficient (Wildman–Crippen LogP) is 2.19. The number of hydrogen-bond donors (Lipinski definition) is 5. The Morgan fingerprint density at radius 1 is 0.829 bits per heavy atom. The third kappa shape index (κ3) is 5.18. The summed E-state index contributed by atoms with van der Waals surface area (Å²) in [6, 6.07) is 4.02. The van der Waals surface area contributed by atoms with Crippen LogP contribution in [0.3, 0.4) is 0 Å². The molecule has 0 radical (unpaired) electrons. The zero-order valence-electron chi connectivity index (χ0n) is 16.7. The molecule has 0 aromatic heterocycles. The molecule has 0 atom stereocenters. The molecule has 35 heavy (non-hydrogen) atoms. The van der Waals surface area contributed by atoms with Crippen molar-refractivity contribution < 1.29 is 48.9 Å². The molecule has 6 N–H and O–H groups in total. The van der Waals surface area contributed by atoms with Crippen LogP contribution in [0.4, 0.5) is 22.7 Å². The lowest BCUT2D eigenvalue weighted by molar-refractivity contribution is -0.385. The summed E-state index contributed by atoms with van der Waals surface area (Å²) in [5.41, 5.74) is 2.84. The highest BCUT2D eigenvalue weighted by molar-refractivity contribution is 7.86. The molecule has 3 aromatic rings. The highest BCUT2D eigenvalue weighted by Gasteiger charge is 2.25. The first kappa shape index (κ1) is 25.9. The van der Waals surface area contributed by atoms with E-state index in [4.69, 9.17) is 5.73 Å². The summed E-state index contributed by atoms with van der Waals surface area (Å²) in [7, 11) is -15.0. The van der Waals surface area contributed by atoms with Gasteiger partial charge in [0.25, 0.3) is 36.0 Å². The van der Waals surface area contributed by atoms with E-state index in [1.165, 1.54) is 0 Å². The van der Waals surface area contributed by atoms with Crippen molar-refractivity contribution in [3.63, 3.8) is 0 Å². The zero-order chi connectivity index (χ0) is 26.5. The second-order valence-electron chi connectivity index (χ2n) is 6.71. The molecule has 0 saturated heterocycles. The van der Waals surface area contributed by atoms with Crippen molar-refractivity contribution in [3.05, 3.63) is 46.5 Å². The molecule has 0 heterocycles. The van der Waals surface area contributed by atoms with Crippen LogP contribution in [0.2, 0.25) is 0 Å². The molecule has 19 heteroatoms. The van der Waals surface area contributed by atoms with E-state index in [1.807, 2.05) is 0 Å². The molecule has 0 bridgehead atoms. The minimum absolute atomic E-state index is 0.410. The molecule has 16 nitrogen and oxygen atoms in total. The smallest absolute Gasteiger partial charge is 0.297 e. The number of aromatic hydroxyl groups is 1. The van der Waals surface area contributed by atoms with Crippen LogP contribution in [0.1, 0.15) is 0 Å². The number of nitro groups is 1. The number of nitrogens with zero attached hydrogens (tertiary/aromatic N) is 3. The monoisotopic (exact) mass is 548 g/mol. The van der Waals surface area contributed by atoms with Crippen LogP contribution >= 0.6 is 0 Å². The number of phenols is 1. The van der Waals surface area contributed by atoms with Crippen LogP contribution in [-0.2, 0) is 30.4 Å². The molecule has 3 rings (SSSR count). The van der Waals surface area contributed by atoms with Crippen molar-refractivity contribution in [1.29, 1.82) is 0 Å². The zero-order valence-corrected chi connectivity index (χ0v) is 19.1. The van der Waals surface area contributed by atoms with Gasteiger partial charge in [-0.3, -0.25) is 23.8 Å². The maximum atomic E-state index is 11.8. The Morgan fingerprint density at radius 3 is 1.94 bits per heavy atom. The second-order valence-corrected chi connectivity index (χ2v) is 10.9. The van der Waals surface area contributed by atoms with Crippen molar-refractivity contribution in [3.8, 4) is 5.75 Å². The summed E-state index contributed by atoms with van der Waals surface area (Å²) in [4.78, 5) is 7.04. The maximum absolute atomic E-state index is 11.8. The Kier molecular flexibility index (Phi) is 6.27. The summed E-state index contributed by atoms with van der Waals surface area (Å²) in [5.74, 6) is -0.892. The van der Waals surface area contributed by atoms with Crippen molar-refractivity contribution in [2.75, 3.05) is 5.73 Å². The predicted molar refractivity (Wildman–Crippen MR) is 117 cm³/mol. The molecule has 0 spiro atoms. The average molecular weight is 548 g/mol. The standard InChI is InChI=1S/C16H12N4O12S3/c17-15-13(35(30,31)32)4-7-3-9(33(24,25)26)6-11(21)14(7)16(15)19-18-10-2-1-8(20(22)23)5-12(10)34(27,28)29/h1-6,21H,17H2,(H,24,25,26)(H,27,28,29)(H,30,31,32)/b19-18+. The summed E-state index contributed by atoms with van der Waals surface area (Å²) >= 11 is 0. The lowest BCUT2D eigenvalue weighted by Gasteiger charge is -2.12. The van der Waals surface area contributed by atoms with E-state index >= 15 is 0 Å². The fraction of sp³-hybridized carbons (Fsp3) is 0. The molecule has 0 fully saturated rings. The minimum Gasteiger partial charge on any atom is -0.507 e. The lowest BCUT2D eigenvalue weighted by atomic mass is 10.1. The number of azo groups is 1. The average Bonchev–Trinajstić information content (AvgIpc) is 2.70. The van der Waals surface area contributed by atoms with Gasteiger partial charge in [-0.15, -0.1) is 10.2 Å². The first-order valence-electron chi connectivity index (χ1n) is 8.63. The van der Waals surface area contributed by atoms with Gasteiger partial charge in [-0.1, -0.05) is 0 Å². The molecule has 0 saturated carbocycles. The number of benzene rings is 3. The first-order valence-corrected chi connectivity index (χ1v) is 12.9. The molecule has 3 aromatic carbocycles. The van der Waals surface area contributed by atoms with Gasteiger partial charge >= 0.3 is 0 Å². The van der Waals surface area contributed by atoms with Gasteiger partial charge in [0.15, 0.2) is 0 Å². The number of rotatable bonds is 6. The normalized spacial score (nSPS) is 12.9. The summed E-state index contributed by atoms with van der Waals surface area (Å²) < 4.78 is 97.9. The molecular formula is C16H12N4O12S3. The third-order valence-electron chi connectivity index (χ3n) is 4.43. The van der Waals surface area contributed by atoms with E-state index in [-0.39, 0.29) is 0 Å². The van der Waals surface area contributed by atoms with Gasteiger partial charge < -0.3 is 10.8 Å². The Labute approximate surface area is 195 Å². The molecule has 0 aliphatic rings. The first-order chi connectivity index (χ1) is 15.9. The van der Waals surface area contributed by atoms with Gasteiger partial charge in [0, 0.05) is 18.2 Å². The van der Waals surface area contributed by atoms with E-state index in [9.17, 15) is 54.1 Å². The van der Waals surface area contributed by atoms with Crippen LogP contribution in [0.15, 0.2) is 61.3 Å². The largest absolute Gasteiger partial charge is 0.507 e. The SMILES string of the molecule is Nc1c(S(=O)(=O)O)cc2cc(S(=O)(=O)O)cc(O)c2c1/N=N/c1ccc([N+](=O)[O-])cc1S(=O)(=O)O. The number of hydrogen-bond acceptors (Lipinski definition) is 12. The Balaban J connectivity index is 2.40. The van der Waals surface area contributed by atoms with Crippen molar-refractivity contribution in [1.82, 2.24) is 0 Å². The second kappa shape index (κ2) is 8.48. The summed E-state index contributed by atoms with van der Waals surface area (Å²) in [6.07, 6.45) is 0. The van der Waals surface area contributed by atoms with Crippen LogP contribution in [0.5, 0.6) is 5.75 Å². The lowest BCUT2D eigenvalue weighted by Crippen LogP contribution is -2.04. The maximum Gasteiger partial charge on any atom is 0.297 e. The molecule has 0 unspecified atom stereocenters. The van der Waals surface area contributed by atoms with Gasteiger partial charge in [-0.25, -0.2) is 0 Å². The van der Waals surface area contributed by atoms with E-state index in [1.54, 1.807) is 0 Å². The molecule has 186 valence electrons. The van der Waals surface area contributed by atoms with Crippen LogP contribution in [0.25, 0.3) is 10.8 Å². The fourth-order valence-electron chi connectivity index (χ4n) is 2.94. The van der Waals surface area contributed by atoms with Gasteiger partial charge in [-0.2, -0.15) is 25.3 Å². The Hall–Kier alpha value is -3.75. The minimum atomic E-state index is -5.08. The molecule has 0 aliphatic heterocycles. The van der Waals surface area contributed by atoms with E-state index in [0.29, 0.717) is 24.3 Å². The summed E-state index contributed by atoms with van der Waals surface area (Å²) in [6.45, 7) is 0. The van der Waals surface area contributed by atoms with Crippen LogP contribution < -0.4 is 5.73 Å². The molecular weight excluding hydrogens is 536 g/mol. The summed E-state index contributed by atoms with van der Waals surface area (Å²) in [5, 5.41) is 27.5. The number of anilines is 1. The van der Waals surface area contributed by atoms with E-state index < -0.39 is 89.2 Å². The van der Waals surface area contributed by atoms with Crippen LogP contribution in [0, 0.1) is 10.1 Å². The topological polar surface area (TPSA) is 277 Å². The number of nitrogens with two attached hydrogens (primary N) is 1. The Morgan fingerprint density at radius 2 is 1.43 bits per heavy atom. The van der Waals surface area contributed by atoms with Gasteiger partial charge in [-0.05, 0) is 23.6 Å². The highest BCUT2D eigenvalue weighted by atomic mass is 32.2. The van der Waals surface area contributed by atoms with E-state index in [2.05, 4.69) is 10.2 Å². The van der Waals surface area contributed by atoms with Crippen molar-refractivity contribution >= 4 is 63.9 Å². The van der Waals surface area contributed by atoms with Crippen molar-refractivity contribution in [2.24, 2.45) is 10.2 Å². The fourth-order valence-corrected chi connectivity index (χ4v) is 4.77. The number of nitrogen functional groups attached to an aromatic ring is 1. The number of phenolic OH excluding ortho intramolecular Hbond substituents is 1. The molecule has 0 amide bonds. The van der Waals surface area contributed by atoms with Crippen LogP contribution in [-0.4, -0.2) is 48.9 Å². The number of fused-ring (bicyclic) bond motifs is 1. The molecule has 0 aliphatic carbocycles. The van der Waals surface area contributed by atoms with Gasteiger partial charge in [0.2, 0.25) is 0 Å².